The second-order valence-corrected chi connectivity index (χ2v) is 6.53. The van der Waals surface area contributed by atoms with E-state index < -0.39 is 5.91 Å². The minimum Gasteiger partial charge on any atom is -0.497 e. The second kappa shape index (κ2) is 8.08. The Morgan fingerprint density at radius 2 is 1.69 bits per heavy atom. The number of benzene rings is 3. The summed E-state index contributed by atoms with van der Waals surface area (Å²) in [5.41, 5.74) is 4.93. The van der Waals surface area contributed by atoms with Crippen molar-refractivity contribution in [2.24, 2.45) is 0 Å². The van der Waals surface area contributed by atoms with E-state index in [-0.39, 0.29) is 0 Å². The number of aromatic nitrogens is 1. The van der Waals surface area contributed by atoms with Crippen LogP contribution in [0.3, 0.4) is 0 Å². The number of hydroxylamine groups is 1. The van der Waals surface area contributed by atoms with Gasteiger partial charge in [0.1, 0.15) is 18.1 Å². The van der Waals surface area contributed by atoms with Gasteiger partial charge >= 0.3 is 0 Å². The lowest BCUT2D eigenvalue weighted by Crippen LogP contribution is -2.18. The Bertz CT molecular complexity index is 1130. The highest BCUT2D eigenvalue weighted by Gasteiger charge is 2.09. The highest BCUT2D eigenvalue weighted by atomic mass is 16.5. The van der Waals surface area contributed by atoms with Gasteiger partial charge in [0.15, 0.2) is 0 Å². The zero-order chi connectivity index (χ0) is 20.2. The van der Waals surface area contributed by atoms with Crippen molar-refractivity contribution in [3.63, 3.8) is 0 Å². The van der Waals surface area contributed by atoms with E-state index in [1.165, 1.54) is 0 Å². The molecule has 1 amide bonds. The number of hydrogen-bond donors (Lipinski definition) is 2. The Morgan fingerprint density at radius 3 is 2.38 bits per heavy atom. The second-order valence-electron chi connectivity index (χ2n) is 6.53. The van der Waals surface area contributed by atoms with Gasteiger partial charge in [0.25, 0.3) is 5.91 Å². The summed E-state index contributed by atoms with van der Waals surface area (Å²) in [5, 5.41) is 9.86. The van der Waals surface area contributed by atoms with Crippen LogP contribution in [0.15, 0.2) is 79.0 Å². The number of carbonyl (C=O) groups is 1. The van der Waals surface area contributed by atoms with Gasteiger partial charge in [-0.15, -0.1) is 0 Å². The van der Waals surface area contributed by atoms with Crippen LogP contribution in [0.5, 0.6) is 11.5 Å². The van der Waals surface area contributed by atoms with Crippen molar-refractivity contribution in [3.8, 4) is 17.2 Å². The van der Waals surface area contributed by atoms with Gasteiger partial charge in [-0.05, 0) is 65.5 Å². The van der Waals surface area contributed by atoms with Crippen molar-refractivity contribution in [2.75, 3.05) is 7.11 Å². The van der Waals surface area contributed by atoms with Crippen LogP contribution in [0.25, 0.3) is 16.6 Å². The van der Waals surface area contributed by atoms with Crippen molar-refractivity contribution >= 4 is 16.8 Å². The number of nitrogens with one attached hydrogen (secondary N) is 1. The van der Waals surface area contributed by atoms with Gasteiger partial charge in [-0.1, -0.05) is 18.2 Å². The van der Waals surface area contributed by atoms with E-state index in [1.54, 1.807) is 24.7 Å². The molecule has 0 aliphatic rings. The molecule has 0 fully saturated rings. The summed E-state index contributed by atoms with van der Waals surface area (Å²) in [6.45, 7) is 0.468. The van der Waals surface area contributed by atoms with Crippen LogP contribution in [0.2, 0.25) is 0 Å². The van der Waals surface area contributed by atoms with Gasteiger partial charge in [-0.2, -0.15) is 0 Å². The van der Waals surface area contributed by atoms with E-state index in [1.807, 2.05) is 71.4 Å². The van der Waals surface area contributed by atoms with Gasteiger partial charge in [0.05, 0.1) is 12.6 Å². The topological polar surface area (TPSA) is 72.7 Å². The molecule has 4 aromatic rings. The zero-order valence-corrected chi connectivity index (χ0v) is 15.8. The monoisotopic (exact) mass is 388 g/mol. The van der Waals surface area contributed by atoms with Gasteiger partial charge in [0, 0.05) is 17.4 Å². The first kappa shape index (κ1) is 18.6. The molecular formula is C23H20N2O4. The van der Waals surface area contributed by atoms with Gasteiger partial charge in [0.2, 0.25) is 0 Å². The molecule has 0 aliphatic carbocycles. The van der Waals surface area contributed by atoms with E-state index in [4.69, 9.17) is 14.7 Å². The lowest BCUT2D eigenvalue weighted by molar-refractivity contribution is 0.0706. The molecular weight excluding hydrogens is 368 g/mol. The summed E-state index contributed by atoms with van der Waals surface area (Å²) in [4.78, 5) is 11.7. The van der Waals surface area contributed by atoms with Crippen molar-refractivity contribution < 1.29 is 19.5 Å². The molecule has 0 atom stereocenters. The van der Waals surface area contributed by atoms with E-state index in [0.717, 1.165) is 33.7 Å². The number of fused-ring (bicyclic) bond motifs is 1. The maximum absolute atomic E-state index is 11.7. The summed E-state index contributed by atoms with van der Waals surface area (Å²) in [6.07, 6.45) is 1.94. The average molecular weight is 388 g/mol. The predicted octanol–water partition coefficient (Wildman–Crippen LogP) is 4.34. The molecule has 3 aromatic carbocycles. The van der Waals surface area contributed by atoms with Crippen LogP contribution in [0.4, 0.5) is 0 Å². The molecule has 29 heavy (non-hydrogen) atoms. The Morgan fingerprint density at radius 1 is 0.966 bits per heavy atom. The Labute approximate surface area is 167 Å². The van der Waals surface area contributed by atoms with Gasteiger partial charge < -0.3 is 14.0 Å². The van der Waals surface area contributed by atoms with E-state index in [0.29, 0.717) is 12.2 Å². The third-order valence-electron chi connectivity index (χ3n) is 4.74. The molecule has 0 unspecified atom stereocenters. The average Bonchev–Trinajstić information content (AvgIpc) is 3.21. The summed E-state index contributed by atoms with van der Waals surface area (Å²) in [6, 6.07) is 22.7. The Kier molecular flexibility index (Phi) is 5.18. The fourth-order valence-corrected chi connectivity index (χ4v) is 3.15. The molecule has 146 valence electrons. The molecule has 4 rings (SSSR count). The molecule has 2 N–H and O–H groups in total. The summed E-state index contributed by atoms with van der Waals surface area (Å²) < 4.78 is 13.0. The highest BCUT2D eigenvalue weighted by Crippen LogP contribution is 2.24. The van der Waals surface area contributed by atoms with Crippen LogP contribution in [-0.4, -0.2) is 22.8 Å². The number of nitrogens with zero attached hydrogens (tertiary/aromatic N) is 1. The predicted molar refractivity (Wildman–Crippen MR) is 110 cm³/mol. The van der Waals surface area contributed by atoms with Crippen molar-refractivity contribution in [3.05, 3.63) is 90.1 Å². The first-order chi connectivity index (χ1) is 14.2. The third kappa shape index (κ3) is 3.93. The van der Waals surface area contributed by atoms with E-state index in [2.05, 4.69) is 0 Å². The molecule has 1 aromatic heterocycles. The van der Waals surface area contributed by atoms with Crippen LogP contribution < -0.4 is 15.0 Å². The standard InChI is InChI=1S/C23H20N2O4/c1-28-20-8-2-16(3-9-20)15-29-21-10-6-19(7-11-21)25-13-12-17-4-5-18(14-22(17)25)23(26)24-27/h2-14,27H,15H2,1H3,(H,24,26). The van der Waals surface area contributed by atoms with Crippen LogP contribution >= 0.6 is 0 Å². The molecule has 1 heterocycles. The first-order valence-electron chi connectivity index (χ1n) is 9.09. The van der Waals surface area contributed by atoms with Gasteiger partial charge in [-0.25, -0.2) is 5.48 Å². The number of methoxy groups -OCH3 is 1. The molecule has 0 aliphatic heterocycles. The summed E-state index contributed by atoms with van der Waals surface area (Å²) >= 11 is 0. The van der Waals surface area contributed by atoms with Crippen molar-refractivity contribution in [1.82, 2.24) is 10.0 Å². The lowest BCUT2D eigenvalue weighted by atomic mass is 10.1. The Balaban J connectivity index is 1.52. The number of rotatable bonds is 6. The fraction of sp³-hybridized carbons (Fsp3) is 0.0870. The van der Waals surface area contributed by atoms with Gasteiger partial charge in [-0.3, -0.25) is 10.0 Å². The molecule has 0 saturated carbocycles. The minimum absolute atomic E-state index is 0.388. The normalized spacial score (nSPS) is 10.7. The molecule has 6 heteroatoms. The lowest BCUT2D eigenvalue weighted by Gasteiger charge is -2.10. The highest BCUT2D eigenvalue weighted by molar-refractivity contribution is 5.97. The number of carbonyl (C=O) groups excluding carboxylic acids is 1. The van der Waals surface area contributed by atoms with Crippen LogP contribution in [0.1, 0.15) is 15.9 Å². The van der Waals surface area contributed by atoms with Crippen molar-refractivity contribution in [2.45, 2.75) is 6.61 Å². The SMILES string of the molecule is COc1ccc(COc2ccc(-n3ccc4ccc(C(=O)NO)cc43)cc2)cc1. The number of hydrogen-bond acceptors (Lipinski definition) is 4. The molecule has 0 spiro atoms. The molecule has 6 nitrogen and oxygen atoms in total. The number of ether oxygens (including phenoxy) is 2. The van der Waals surface area contributed by atoms with E-state index >= 15 is 0 Å². The fourth-order valence-electron chi connectivity index (χ4n) is 3.15. The molecule has 0 bridgehead atoms. The van der Waals surface area contributed by atoms with Crippen molar-refractivity contribution in [1.29, 1.82) is 0 Å². The maximum atomic E-state index is 11.7. The van der Waals surface area contributed by atoms with Crippen LogP contribution in [-0.2, 0) is 6.61 Å². The summed E-state index contributed by atoms with van der Waals surface area (Å²) in [5.74, 6) is 1.04. The third-order valence-corrected chi connectivity index (χ3v) is 4.74. The minimum atomic E-state index is -0.540. The maximum Gasteiger partial charge on any atom is 0.274 e. The van der Waals surface area contributed by atoms with Crippen LogP contribution in [0, 0.1) is 0 Å². The number of amides is 1. The smallest absolute Gasteiger partial charge is 0.274 e. The first-order valence-corrected chi connectivity index (χ1v) is 9.09. The Hall–Kier alpha value is -3.77. The zero-order valence-electron chi connectivity index (χ0n) is 15.8. The largest absolute Gasteiger partial charge is 0.497 e. The molecule has 0 saturated heterocycles. The quantitative estimate of drug-likeness (QED) is 0.381. The molecule has 0 radical (unpaired) electrons. The summed E-state index contributed by atoms with van der Waals surface area (Å²) in [7, 11) is 1.64. The van der Waals surface area contributed by atoms with E-state index in [9.17, 15) is 4.79 Å².